The molecular weight excluding hydrogens is 282 g/mol. The Morgan fingerprint density at radius 2 is 2.05 bits per heavy atom. The lowest BCUT2D eigenvalue weighted by molar-refractivity contribution is -0.131. The van der Waals surface area contributed by atoms with Gasteiger partial charge in [0.15, 0.2) is 5.76 Å². The third kappa shape index (κ3) is 3.20. The zero-order valence-corrected chi connectivity index (χ0v) is 12.1. The molecule has 0 radical (unpaired) electrons. The first-order valence-electron chi connectivity index (χ1n) is 6.82. The van der Waals surface area contributed by atoms with E-state index >= 15 is 0 Å². The van der Waals surface area contributed by atoms with Crippen LogP contribution in [0.15, 0.2) is 53.1 Å². The summed E-state index contributed by atoms with van der Waals surface area (Å²) >= 11 is 0. The SMILES string of the molecule is CN(Cc1ccccc1)C(=O)Cn1nnc(-c2ccco2)n1. The van der Waals surface area contributed by atoms with E-state index in [1.165, 1.54) is 11.1 Å². The molecule has 22 heavy (non-hydrogen) atoms. The largest absolute Gasteiger partial charge is 0.461 e. The summed E-state index contributed by atoms with van der Waals surface area (Å²) in [5, 5.41) is 11.9. The number of nitrogens with zero attached hydrogens (tertiary/aromatic N) is 5. The zero-order chi connectivity index (χ0) is 15.4. The van der Waals surface area contributed by atoms with Crippen LogP contribution in [0.1, 0.15) is 5.56 Å². The Labute approximate surface area is 127 Å². The lowest BCUT2D eigenvalue weighted by atomic mass is 10.2. The fourth-order valence-electron chi connectivity index (χ4n) is 2.00. The van der Waals surface area contributed by atoms with E-state index in [1.54, 1.807) is 24.1 Å². The van der Waals surface area contributed by atoms with Gasteiger partial charge in [0.05, 0.1) is 6.26 Å². The molecule has 2 heterocycles. The van der Waals surface area contributed by atoms with E-state index in [0.717, 1.165) is 5.56 Å². The topological polar surface area (TPSA) is 77.0 Å². The van der Waals surface area contributed by atoms with Crippen LogP contribution in [0.3, 0.4) is 0 Å². The van der Waals surface area contributed by atoms with Crippen LogP contribution in [0.4, 0.5) is 0 Å². The Kier molecular flexibility index (Phi) is 3.95. The predicted octanol–water partition coefficient (Wildman–Crippen LogP) is 1.59. The van der Waals surface area contributed by atoms with E-state index in [9.17, 15) is 4.79 Å². The summed E-state index contributed by atoms with van der Waals surface area (Å²) in [6.45, 7) is 0.580. The van der Waals surface area contributed by atoms with E-state index in [2.05, 4.69) is 15.4 Å². The van der Waals surface area contributed by atoms with Gasteiger partial charge in [-0.15, -0.1) is 10.2 Å². The molecule has 7 nitrogen and oxygen atoms in total. The molecule has 0 aliphatic carbocycles. The van der Waals surface area contributed by atoms with Gasteiger partial charge < -0.3 is 9.32 Å². The van der Waals surface area contributed by atoms with Crippen molar-refractivity contribution >= 4 is 5.91 Å². The van der Waals surface area contributed by atoms with Gasteiger partial charge in [0.1, 0.15) is 6.54 Å². The van der Waals surface area contributed by atoms with Gasteiger partial charge in [-0.25, -0.2) is 0 Å². The normalized spacial score (nSPS) is 10.6. The fourth-order valence-corrected chi connectivity index (χ4v) is 2.00. The molecule has 0 spiro atoms. The van der Waals surface area contributed by atoms with E-state index in [4.69, 9.17) is 4.42 Å². The molecule has 0 fully saturated rings. The summed E-state index contributed by atoms with van der Waals surface area (Å²) in [6, 6.07) is 13.3. The van der Waals surface area contributed by atoms with E-state index in [1.807, 2.05) is 30.3 Å². The maximum Gasteiger partial charge on any atom is 0.246 e. The number of amides is 1. The highest BCUT2D eigenvalue weighted by Gasteiger charge is 2.14. The smallest absolute Gasteiger partial charge is 0.246 e. The highest BCUT2D eigenvalue weighted by Crippen LogP contribution is 2.13. The molecule has 3 aromatic rings. The van der Waals surface area contributed by atoms with Gasteiger partial charge in [-0.2, -0.15) is 4.80 Å². The molecule has 7 heteroatoms. The third-order valence-electron chi connectivity index (χ3n) is 3.16. The fraction of sp³-hybridized carbons (Fsp3) is 0.200. The molecular formula is C15H15N5O2. The summed E-state index contributed by atoms with van der Waals surface area (Å²) in [4.78, 5) is 15.1. The molecule has 0 N–H and O–H groups in total. The van der Waals surface area contributed by atoms with Crippen LogP contribution in [-0.2, 0) is 17.9 Å². The molecule has 0 saturated carbocycles. The summed E-state index contributed by atoms with van der Waals surface area (Å²) in [6.07, 6.45) is 1.54. The van der Waals surface area contributed by atoms with Crippen molar-refractivity contribution < 1.29 is 9.21 Å². The average molecular weight is 297 g/mol. The van der Waals surface area contributed by atoms with Crippen LogP contribution in [0.2, 0.25) is 0 Å². The Morgan fingerprint density at radius 3 is 2.77 bits per heavy atom. The second kappa shape index (κ2) is 6.21. The highest BCUT2D eigenvalue weighted by molar-refractivity contribution is 5.75. The lowest BCUT2D eigenvalue weighted by Gasteiger charge is -2.16. The van der Waals surface area contributed by atoms with Crippen molar-refractivity contribution in [1.29, 1.82) is 0 Å². The summed E-state index contributed by atoms with van der Waals surface area (Å²) < 4.78 is 5.19. The molecule has 1 aromatic carbocycles. The first kappa shape index (κ1) is 14.0. The molecule has 2 aromatic heterocycles. The number of furan rings is 1. The molecule has 0 unspecified atom stereocenters. The molecule has 0 saturated heterocycles. The van der Waals surface area contributed by atoms with Crippen LogP contribution in [0.5, 0.6) is 0 Å². The number of rotatable bonds is 5. The van der Waals surface area contributed by atoms with Gasteiger partial charge in [-0.1, -0.05) is 30.3 Å². The van der Waals surface area contributed by atoms with Crippen molar-refractivity contribution in [1.82, 2.24) is 25.1 Å². The van der Waals surface area contributed by atoms with Crippen LogP contribution >= 0.6 is 0 Å². The van der Waals surface area contributed by atoms with E-state index < -0.39 is 0 Å². The van der Waals surface area contributed by atoms with Crippen molar-refractivity contribution in [3.05, 3.63) is 54.3 Å². The van der Waals surface area contributed by atoms with Gasteiger partial charge in [-0.3, -0.25) is 4.79 Å². The summed E-state index contributed by atoms with van der Waals surface area (Å²) in [5.74, 6) is 0.798. The standard InChI is InChI=1S/C15H15N5O2/c1-19(10-12-6-3-2-4-7-12)14(21)11-20-17-15(16-18-20)13-8-5-9-22-13/h2-9H,10-11H2,1H3. The first-order chi connectivity index (χ1) is 10.7. The first-order valence-corrected chi connectivity index (χ1v) is 6.82. The monoisotopic (exact) mass is 297 g/mol. The minimum absolute atomic E-state index is 0.0387. The maximum absolute atomic E-state index is 12.2. The number of tetrazole rings is 1. The van der Waals surface area contributed by atoms with Crippen molar-refractivity contribution in [2.75, 3.05) is 7.05 Å². The average Bonchev–Trinajstić information content (AvgIpc) is 3.19. The van der Waals surface area contributed by atoms with Gasteiger partial charge in [0.2, 0.25) is 11.7 Å². The summed E-state index contributed by atoms with van der Waals surface area (Å²) in [5.41, 5.74) is 1.07. The van der Waals surface area contributed by atoms with Crippen molar-refractivity contribution in [2.24, 2.45) is 0 Å². The number of aromatic nitrogens is 4. The zero-order valence-electron chi connectivity index (χ0n) is 12.1. The van der Waals surface area contributed by atoms with Crippen molar-refractivity contribution in [2.45, 2.75) is 13.1 Å². The van der Waals surface area contributed by atoms with Crippen LogP contribution < -0.4 is 0 Å². The Hall–Kier alpha value is -2.96. The van der Waals surface area contributed by atoms with Gasteiger partial charge in [-0.05, 0) is 22.9 Å². The molecule has 0 atom stereocenters. The second-order valence-electron chi connectivity index (χ2n) is 4.86. The minimum atomic E-state index is -0.0905. The molecule has 0 bridgehead atoms. The van der Waals surface area contributed by atoms with Crippen LogP contribution in [-0.4, -0.2) is 38.1 Å². The van der Waals surface area contributed by atoms with E-state index in [0.29, 0.717) is 18.1 Å². The molecule has 0 aliphatic heterocycles. The molecule has 3 rings (SSSR count). The van der Waals surface area contributed by atoms with Crippen LogP contribution in [0.25, 0.3) is 11.6 Å². The number of carbonyl (C=O) groups is 1. The number of benzene rings is 1. The summed E-state index contributed by atoms with van der Waals surface area (Å²) in [7, 11) is 1.75. The van der Waals surface area contributed by atoms with Crippen LogP contribution in [0, 0.1) is 0 Å². The molecule has 0 aliphatic rings. The van der Waals surface area contributed by atoms with Crippen molar-refractivity contribution in [3.8, 4) is 11.6 Å². The highest BCUT2D eigenvalue weighted by atomic mass is 16.3. The number of carbonyl (C=O) groups excluding carboxylic acids is 1. The van der Waals surface area contributed by atoms with Crippen molar-refractivity contribution in [3.63, 3.8) is 0 Å². The Morgan fingerprint density at radius 1 is 1.23 bits per heavy atom. The van der Waals surface area contributed by atoms with Gasteiger partial charge in [0, 0.05) is 13.6 Å². The maximum atomic E-state index is 12.2. The Bertz CT molecular complexity index is 736. The number of likely N-dealkylation sites (N-methyl/N-ethyl adjacent to an activating group) is 1. The number of hydrogen-bond acceptors (Lipinski definition) is 5. The quantitative estimate of drug-likeness (QED) is 0.714. The van der Waals surface area contributed by atoms with E-state index in [-0.39, 0.29) is 12.5 Å². The lowest BCUT2D eigenvalue weighted by Crippen LogP contribution is -2.30. The second-order valence-corrected chi connectivity index (χ2v) is 4.86. The minimum Gasteiger partial charge on any atom is -0.461 e. The Balaban J connectivity index is 1.62. The third-order valence-corrected chi connectivity index (χ3v) is 3.16. The number of hydrogen-bond donors (Lipinski definition) is 0. The van der Waals surface area contributed by atoms with Gasteiger partial charge in [0.25, 0.3) is 0 Å². The molecule has 1 amide bonds. The van der Waals surface area contributed by atoms with Gasteiger partial charge >= 0.3 is 0 Å². The molecule has 112 valence electrons. The predicted molar refractivity (Wildman–Crippen MR) is 78.4 cm³/mol.